The molecule has 6 nitrogen and oxygen atoms in total. The first kappa shape index (κ1) is 16.7. The lowest BCUT2D eigenvalue weighted by molar-refractivity contribution is 0.224. The van der Waals surface area contributed by atoms with Gasteiger partial charge in [0.15, 0.2) is 5.13 Å². The van der Waals surface area contributed by atoms with E-state index in [2.05, 4.69) is 26.6 Å². The number of hydrogen-bond acceptors (Lipinski definition) is 5. The summed E-state index contributed by atoms with van der Waals surface area (Å²) in [6.45, 7) is 2.61. The van der Waals surface area contributed by atoms with Gasteiger partial charge in [0, 0.05) is 23.7 Å². The average molecular weight is 346 g/mol. The normalized spacial score (nSPS) is 15.9. The Labute approximate surface area is 145 Å². The smallest absolute Gasteiger partial charge is 0.321 e. The third-order valence-corrected chi connectivity index (χ3v) is 4.88. The minimum absolute atomic E-state index is 0.102. The summed E-state index contributed by atoms with van der Waals surface area (Å²) < 4.78 is 5.51. The molecule has 1 aliphatic heterocycles. The summed E-state index contributed by atoms with van der Waals surface area (Å²) in [6, 6.07) is 7.88. The van der Waals surface area contributed by atoms with Crippen LogP contribution in [-0.4, -0.2) is 42.7 Å². The first-order valence-corrected chi connectivity index (χ1v) is 8.97. The van der Waals surface area contributed by atoms with Gasteiger partial charge in [0.2, 0.25) is 0 Å². The second-order valence-corrected chi connectivity index (χ2v) is 6.57. The zero-order valence-electron chi connectivity index (χ0n) is 13.7. The van der Waals surface area contributed by atoms with Crippen LogP contribution in [0.5, 0.6) is 5.75 Å². The topological polar surface area (TPSA) is 66.5 Å². The molecule has 3 rings (SSSR count). The number of amides is 2. The Hall–Kier alpha value is -2.12. The van der Waals surface area contributed by atoms with E-state index in [1.807, 2.05) is 23.6 Å². The van der Waals surface area contributed by atoms with Crippen molar-refractivity contribution in [2.24, 2.45) is 0 Å². The van der Waals surface area contributed by atoms with Crippen molar-refractivity contribution in [2.45, 2.75) is 18.9 Å². The number of para-hydroxylation sites is 1. The molecule has 7 heteroatoms. The van der Waals surface area contributed by atoms with E-state index in [1.165, 1.54) is 24.2 Å². The second-order valence-electron chi connectivity index (χ2n) is 5.67. The summed E-state index contributed by atoms with van der Waals surface area (Å²) in [7, 11) is 1.68. The summed E-state index contributed by atoms with van der Waals surface area (Å²) in [5.41, 5.74) is 1.11. The number of likely N-dealkylation sites (tertiary alicyclic amines) is 1. The van der Waals surface area contributed by atoms with Crippen molar-refractivity contribution in [3.05, 3.63) is 41.4 Å². The maximum absolute atomic E-state index is 12.1. The number of nitrogens with one attached hydrogen (secondary N) is 2. The van der Waals surface area contributed by atoms with E-state index in [1.54, 1.807) is 13.3 Å². The predicted octanol–water partition coefficient (Wildman–Crippen LogP) is 3.11. The van der Waals surface area contributed by atoms with Crippen LogP contribution in [0.15, 0.2) is 35.8 Å². The van der Waals surface area contributed by atoms with E-state index < -0.39 is 0 Å². The number of aromatic nitrogens is 1. The number of methoxy groups -OCH3 is 1. The number of anilines is 1. The Kier molecular flexibility index (Phi) is 5.66. The fourth-order valence-electron chi connectivity index (χ4n) is 3.05. The Morgan fingerprint density at radius 1 is 1.38 bits per heavy atom. The number of rotatable bonds is 6. The van der Waals surface area contributed by atoms with Gasteiger partial charge in [0.25, 0.3) is 0 Å². The predicted molar refractivity (Wildman–Crippen MR) is 95.7 cm³/mol. The Balaban J connectivity index is 1.69. The molecule has 2 amide bonds. The molecule has 1 aliphatic rings. The SMILES string of the molecule is COc1ccccc1C(CNC(=O)Nc1nccs1)N1CCCC1. The maximum Gasteiger partial charge on any atom is 0.321 e. The number of carbonyl (C=O) groups is 1. The monoisotopic (exact) mass is 346 g/mol. The number of benzene rings is 1. The van der Waals surface area contributed by atoms with E-state index in [4.69, 9.17) is 4.74 Å². The van der Waals surface area contributed by atoms with Gasteiger partial charge >= 0.3 is 6.03 Å². The summed E-state index contributed by atoms with van der Waals surface area (Å²) in [5.74, 6) is 0.858. The Morgan fingerprint density at radius 2 is 2.17 bits per heavy atom. The van der Waals surface area contributed by atoms with Gasteiger partial charge in [-0.3, -0.25) is 10.2 Å². The molecule has 0 saturated carbocycles. The van der Waals surface area contributed by atoms with Gasteiger partial charge in [-0.1, -0.05) is 18.2 Å². The van der Waals surface area contributed by atoms with Gasteiger partial charge < -0.3 is 10.1 Å². The average Bonchev–Trinajstić information content (AvgIpc) is 3.29. The first-order chi connectivity index (χ1) is 11.8. The van der Waals surface area contributed by atoms with Crippen LogP contribution in [0, 0.1) is 0 Å². The highest BCUT2D eigenvalue weighted by Gasteiger charge is 2.26. The number of urea groups is 1. The molecule has 0 radical (unpaired) electrons. The van der Waals surface area contributed by atoms with Gasteiger partial charge in [0.05, 0.1) is 13.2 Å². The Bertz CT molecular complexity index is 656. The summed E-state index contributed by atoms with van der Waals surface area (Å²) in [4.78, 5) is 18.6. The third kappa shape index (κ3) is 4.04. The van der Waals surface area contributed by atoms with Gasteiger partial charge in [0.1, 0.15) is 5.75 Å². The summed E-state index contributed by atoms with van der Waals surface area (Å²) in [6.07, 6.45) is 4.05. The molecule has 2 N–H and O–H groups in total. The van der Waals surface area contributed by atoms with Gasteiger partial charge in [-0.15, -0.1) is 11.3 Å². The van der Waals surface area contributed by atoms with Crippen LogP contribution >= 0.6 is 11.3 Å². The van der Waals surface area contributed by atoms with Crippen molar-refractivity contribution < 1.29 is 9.53 Å². The van der Waals surface area contributed by atoms with Crippen molar-refractivity contribution in [1.29, 1.82) is 0 Å². The highest BCUT2D eigenvalue weighted by Crippen LogP contribution is 2.31. The van der Waals surface area contributed by atoms with Crippen LogP contribution in [0.3, 0.4) is 0 Å². The van der Waals surface area contributed by atoms with Crippen molar-refractivity contribution in [1.82, 2.24) is 15.2 Å². The van der Waals surface area contributed by atoms with Crippen molar-refractivity contribution in [3.63, 3.8) is 0 Å². The summed E-state index contributed by atoms with van der Waals surface area (Å²) in [5, 5.41) is 8.15. The molecule has 24 heavy (non-hydrogen) atoms. The third-order valence-electron chi connectivity index (χ3n) is 4.19. The zero-order chi connectivity index (χ0) is 16.8. The molecule has 0 aliphatic carbocycles. The lowest BCUT2D eigenvalue weighted by Gasteiger charge is -2.29. The number of carbonyl (C=O) groups excluding carboxylic acids is 1. The lowest BCUT2D eigenvalue weighted by atomic mass is 10.0. The maximum atomic E-state index is 12.1. The van der Waals surface area contributed by atoms with Gasteiger partial charge in [-0.25, -0.2) is 9.78 Å². The van der Waals surface area contributed by atoms with E-state index in [0.29, 0.717) is 11.7 Å². The van der Waals surface area contributed by atoms with Gasteiger partial charge in [-0.05, 0) is 32.0 Å². The number of nitrogens with zero attached hydrogens (tertiary/aromatic N) is 2. The highest BCUT2D eigenvalue weighted by atomic mass is 32.1. The van der Waals surface area contributed by atoms with Crippen LogP contribution < -0.4 is 15.4 Å². The van der Waals surface area contributed by atoms with Crippen LogP contribution in [0.1, 0.15) is 24.4 Å². The molecule has 0 spiro atoms. The highest BCUT2D eigenvalue weighted by molar-refractivity contribution is 7.13. The van der Waals surface area contributed by atoms with Crippen molar-refractivity contribution in [2.75, 3.05) is 32.1 Å². The van der Waals surface area contributed by atoms with Crippen molar-refractivity contribution >= 4 is 22.5 Å². The molecular formula is C17H22N4O2S. The van der Waals surface area contributed by atoms with Crippen LogP contribution in [0.2, 0.25) is 0 Å². The molecule has 1 saturated heterocycles. The molecule has 1 atom stereocenters. The molecule has 1 aromatic heterocycles. The van der Waals surface area contributed by atoms with Crippen LogP contribution in [0.4, 0.5) is 9.93 Å². The molecule has 128 valence electrons. The zero-order valence-corrected chi connectivity index (χ0v) is 14.5. The fourth-order valence-corrected chi connectivity index (χ4v) is 3.57. The van der Waals surface area contributed by atoms with E-state index in [9.17, 15) is 4.79 Å². The largest absolute Gasteiger partial charge is 0.496 e. The van der Waals surface area contributed by atoms with Crippen LogP contribution in [0.25, 0.3) is 0 Å². The lowest BCUT2D eigenvalue weighted by Crippen LogP contribution is -2.38. The standard InChI is InChI=1S/C17H22N4O2S/c1-23-15-7-3-2-6-13(15)14(21-9-4-5-10-21)12-19-16(22)20-17-18-8-11-24-17/h2-3,6-8,11,14H,4-5,9-10,12H2,1H3,(H2,18,19,20,22). The van der Waals surface area contributed by atoms with E-state index in [0.717, 1.165) is 24.4 Å². The second kappa shape index (κ2) is 8.12. The molecule has 1 unspecified atom stereocenters. The number of thiazole rings is 1. The quantitative estimate of drug-likeness (QED) is 0.843. The molecule has 0 bridgehead atoms. The molecular weight excluding hydrogens is 324 g/mol. The number of hydrogen-bond donors (Lipinski definition) is 2. The molecule has 2 heterocycles. The van der Waals surface area contributed by atoms with Crippen LogP contribution in [-0.2, 0) is 0 Å². The molecule has 1 aromatic carbocycles. The molecule has 1 fully saturated rings. The van der Waals surface area contributed by atoms with E-state index >= 15 is 0 Å². The van der Waals surface area contributed by atoms with Crippen molar-refractivity contribution in [3.8, 4) is 5.75 Å². The summed E-state index contributed by atoms with van der Waals surface area (Å²) >= 11 is 1.40. The first-order valence-electron chi connectivity index (χ1n) is 8.09. The van der Waals surface area contributed by atoms with E-state index in [-0.39, 0.29) is 12.1 Å². The van der Waals surface area contributed by atoms with Gasteiger partial charge in [-0.2, -0.15) is 0 Å². The minimum atomic E-state index is -0.232. The minimum Gasteiger partial charge on any atom is -0.496 e. The fraction of sp³-hybridized carbons (Fsp3) is 0.412. The Morgan fingerprint density at radius 3 is 2.88 bits per heavy atom. The molecule has 2 aromatic rings. The number of ether oxygens (including phenoxy) is 1.